The molecule has 0 unspecified atom stereocenters. The molecule has 2 N–H and O–H groups in total. The molecule has 14 heavy (non-hydrogen) atoms. The Balaban J connectivity index is 3.06. The molecule has 0 bridgehead atoms. The van der Waals surface area contributed by atoms with Crippen molar-refractivity contribution in [3.63, 3.8) is 0 Å². The molecular formula is C7H5ClF3NOS. The number of alkyl halides is 3. The Morgan fingerprint density at radius 3 is 2.43 bits per heavy atom. The van der Waals surface area contributed by atoms with Gasteiger partial charge >= 0.3 is 6.36 Å². The average molecular weight is 244 g/mol. The highest BCUT2D eigenvalue weighted by Gasteiger charge is 2.32. The molecule has 0 aliphatic carbocycles. The normalized spacial score (nSPS) is 11.5. The Morgan fingerprint density at radius 1 is 1.36 bits per heavy atom. The van der Waals surface area contributed by atoms with E-state index in [1.165, 1.54) is 6.07 Å². The Hall–Kier alpha value is -0.750. The van der Waals surface area contributed by atoms with E-state index in [0.717, 1.165) is 6.07 Å². The average Bonchev–Trinajstić information content (AvgIpc) is 2.04. The number of benzene rings is 1. The van der Waals surface area contributed by atoms with Gasteiger partial charge in [-0.15, -0.1) is 25.8 Å². The zero-order valence-electron chi connectivity index (χ0n) is 6.60. The van der Waals surface area contributed by atoms with Gasteiger partial charge in [0.25, 0.3) is 0 Å². The highest BCUT2D eigenvalue weighted by atomic mass is 35.5. The van der Waals surface area contributed by atoms with Gasteiger partial charge in [-0.1, -0.05) is 11.6 Å². The molecule has 0 aromatic heterocycles. The Morgan fingerprint density at radius 2 is 1.93 bits per heavy atom. The second kappa shape index (κ2) is 3.78. The molecule has 0 radical (unpaired) electrons. The molecule has 0 aliphatic heterocycles. The van der Waals surface area contributed by atoms with E-state index in [1.54, 1.807) is 0 Å². The largest absolute Gasteiger partial charge is 0.573 e. The molecule has 1 aromatic rings. The SMILES string of the molecule is Nc1c(Cl)ccc(OC(F)(F)F)c1S. The fourth-order valence-electron chi connectivity index (χ4n) is 0.770. The zero-order chi connectivity index (χ0) is 10.9. The molecule has 0 fully saturated rings. The van der Waals surface area contributed by atoms with E-state index in [2.05, 4.69) is 17.4 Å². The van der Waals surface area contributed by atoms with Crippen LogP contribution in [0.15, 0.2) is 17.0 Å². The molecule has 0 heterocycles. The fourth-order valence-corrected chi connectivity index (χ4v) is 1.23. The molecule has 78 valence electrons. The second-order valence-corrected chi connectivity index (χ2v) is 3.21. The number of ether oxygens (including phenoxy) is 1. The Kier molecular flexibility index (Phi) is 3.06. The summed E-state index contributed by atoms with van der Waals surface area (Å²) in [4.78, 5) is -0.130. The number of hydrogen-bond donors (Lipinski definition) is 2. The van der Waals surface area contributed by atoms with E-state index < -0.39 is 12.1 Å². The number of nitrogens with two attached hydrogens (primary N) is 1. The summed E-state index contributed by atoms with van der Waals surface area (Å²) in [5, 5.41) is 0.129. The van der Waals surface area contributed by atoms with Gasteiger partial charge in [0.1, 0.15) is 5.75 Å². The van der Waals surface area contributed by atoms with E-state index in [-0.39, 0.29) is 15.6 Å². The molecule has 0 atom stereocenters. The van der Waals surface area contributed by atoms with E-state index in [9.17, 15) is 13.2 Å². The Labute approximate surface area is 88.2 Å². The van der Waals surface area contributed by atoms with E-state index in [0.29, 0.717) is 0 Å². The number of nitrogen functional groups attached to an aromatic ring is 1. The topological polar surface area (TPSA) is 35.2 Å². The van der Waals surface area contributed by atoms with Gasteiger partial charge in [-0.25, -0.2) is 0 Å². The minimum Gasteiger partial charge on any atom is -0.405 e. The van der Waals surface area contributed by atoms with Gasteiger partial charge < -0.3 is 10.5 Å². The molecule has 1 aromatic carbocycles. The van der Waals surface area contributed by atoms with Crippen LogP contribution in [0.25, 0.3) is 0 Å². The van der Waals surface area contributed by atoms with Crippen molar-refractivity contribution in [2.45, 2.75) is 11.3 Å². The summed E-state index contributed by atoms with van der Waals surface area (Å²) in [6.45, 7) is 0. The maximum atomic E-state index is 11.8. The van der Waals surface area contributed by atoms with Crippen LogP contribution in [-0.2, 0) is 0 Å². The summed E-state index contributed by atoms with van der Waals surface area (Å²) in [5.41, 5.74) is 5.30. The summed E-state index contributed by atoms with van der Waals surface area (Å²) >= 11 is 9.30. The van der Waals surface area contributed by atoms with Crippen molar-refractivity contribution in [3.8, 4) is 5.75 Å². The van der Waals surface area contributed by atoms with Gasteiger partial charge in [0.2, 0.25) is 0 Å². The minimum atomic E-state index is -4.77. The van der Waals surface area contributed by atoms with Crippen LogP contribution in [0.4, 0.5) is 18.9 Å². The highest BCUT2D eigenvalue weighted by molar-refractivity contribution is 7.80. The first kappa shape index (κ1) is 11.3. The van der Waals surface area contributed by atoms with Crippen LogP contribution in [0.3, 0.4) is 0 Å². The smallest absolute Gasteiger partial charge is 0.405 e. The first-order valence-corrected chi connectivity index (χ1v) is 4.16. The lowest BCUT2D eigenvalue weighted by atomic mass is 10.3. The molecule has 0 saturated heterocycles. The molecule has 0 spiro atoms. The standard InChI is InChI=1S/C7H5ClF3NOS/c8-3-1-2-4(6(14)5(3)12)13-7(9,10)11/h1-2,14H,12H2. The van der Waals surface area contributed by atoms with Crippen molar-refractivity contribution in [2.75, 3.05) is 5.73 Å². The van der Waals surface area contributed by atoms with Crippen LogP contribution < -0.4 is 10.5 Å². The van der Waals surface area contributed by atoms with Crippen molar-refractivity contribution >= 4 is 29.9 Å². The number of anilines is 1. The lowest BCUT2D eigenvalue weighted by Gasteiger charge is -2.12. The zero-order valence-corrected chi connectivity index (χ0v) is 8.25. The van der Waals surface area contributed by atoms with Crippen molar-refractivity contribution in [3.05, 3.63) is 17.2 Å². The maximum Gasteiger partial charge on any atom is 0.573 e. The van der Waals surface area contributed by atoms with Crippen molar-refractivity contribution < 1.29 is 17.9 Å². The molecular weight excluding hydrogens is 239 g/mol. The predicted molar refractivity (Wildman–Crippen MR) is 49.8 cm³/mol. The summed E-state index contributed by atoms with van der Waals surface area (Å²) in [6, 6.07) is 2.26. The number of rotatable bonds is 1. The van der Waals surface area contributed by atoms with Crippen molar-refractivity contribution in [1.29, 1.82) is 0 Å². The van der Waals surface area contributed by atoms with Gasteiger partial charge in [-0.2, -0.15) is 0 Å². The second-order valence-electron chi connectivity index (χ2n) is 2.36. The lowest BCUT2D eigenvalue weighted by Crippen LogP contribution is -2.17. The van der Waals surface area contributed by atoms with Crippen LogP contribution in [-0.4, -0.2) is 6.36 Å². The number of hydrogen-bond acceptors (Lipinski definition) is 3. The fraction of sp³-hybridized carbons (Fsp3) is 0.143. The third-order valence-electron chi connectivity index (χ3n) is 1.35. The van der Waals surface area contributed by atoms with Gasteiger partial charge in [0, 0.05) is 0 Å². The first-order chi connectivity index (χ1) is 6.31. The molecule has 0 aliphatic rings. The third-order valence-corrected chi connectivity index (χ3v) is 2.14. The van der Waals surface area contributed by atoms with Crippen LogP contribution >= 0.6 is 24.2 Å². The Bertz CT molecular complexity index is 356. The monoisotopic (exact) mass is 243 g/mol. The summed E-state index contributed by atoms with van der Waals surface area (Å²) < 4.78 is 39.1. The van der Waals surface area contributed by atoms with Crippen LogP contribution in [0, 0.1) is 0 Å². The first-order valence-electron chi connectivity index (χ1n) is 3.34. The quantitative estimate of drug-likeness (QED) is 0.587. The maximum absolute atomic E-state index is 11.8. The molecule has 1 rings (SSSR count). The van der Waals surface area contributed by atoms with Crippen LogP contribution in [0.2, 0.25) is 5.02 Å². The minimum absolute atomic E-state index is 0.0447. The predicted octanol–water partition coefficient (Wildman–Crippen LogP) is 3.11. The third kappa shape index (κ3) is 2.62. The van der Waals surface area contributed by atoms with Gasteiger partial charge in [0.05, 0.1) is 15.6 Å². The molecule has 2 nitrogen and oxygen atoms in total. The van der Waals surface area contributed by atoms with Gasteiger partial charge in [-0.3, -0.25) is 0 Å². The lowest BCUT2D eigenvalue weighted by molar-refractivity contribution is -0.275. The molecule has 7 heteroatoms. The van der Waals surface area contributed by atoms with Crippen LogP contribution in [0.5, 0.6) is 5.75 Å². The molecule has 0 saturated carbocycles. The summed E-state index contributed by atoms with van der Waals surface area (Å²) in [7, 11) is 0. The number of halogens is 4. The van der Waals surface area contributed by atoms with Crippen LogP contribution in [0.1, 0.15) is 0 Å². The summed E-state index contributed by atoms with van der Waals surface area (Å²) in [5.74, 6) is -0.470. The molecule has 0 amide bonds. The van der Waals surface area contributed by atoms with Gasteiger partial charge in [0.15, 0.2) is 0 Å². The van der Waals surface area contributed by atoms with Crippen molar-refractivity contribution in [2.24, 2.45) is 0 Å². The van der Waals surface area contributed by atoms with E-state index in [4.69, 9.17) is 17.3 Å². The number of thiol groups is 1. The van der Waals surface area contributed by atoms with Gasteiger partial charge in [-0.05, 0) is 12.1 Å². The highest BCUT2D eigenvalue weighted by Crippen LogP contribution is 2.36. The van der Waals surface area contributed by atoms with Crippen molar-refractivity contribution in [1.82, 2.24) is 0 Å². The summed E-state index contributed by atoms with van der Waals surface area (Å²) in [6.07, 6.45) is -4.77. The van der Waals surface area contributed by atoms with E-state index >= 15 is 0 Å². The van der Waals surface area contributed by atoms with E-state index in [1.807, 2.05) is 0 Å².